The molecular weight excluding hydrogens is 800 g/mol. The number of alkyl halides is 3. The lowest BCUT2D eigenvalue weighted by atomic mass is 9.77. The van der Waals surface area contributed by atoms with E-state index in [4.69, 9.17) is 14.2 Å². The van der Waals surface area contributed by atoms with Gasteiger partial charge in [-0.25, -0.2) is 4.79 Å². The Labute approximate surface area is 361 Å². The van der Waals surface area contributed by atoms with Crippen molar-refractivity contribution in [3.63, 3.8) is 0 Å². The predicted octanol–water partition coefficient (Wildman–Crippen LogP) is 11.1. The molecule has 62 heavy (non-hydrogen) atoms. The molecule has 4 aromatic rings. The third kappa shape index (κ3) is 13.3. The molecule has 10 nitrogen and oxygen atoms in total. The minimum absolute atomic E-state index is 0.0165. The Balaban J connectivity index is 0.00000103. The van der Waals surface area contributed by atoms with E-state index in [0.29, 0.717) is 22.3 Å². The van der Waals surface area contributed by atoms with E-state index < -0.39 is 53.6 Å². The van der Waals surface area contributed by atoms with Gasteiger partial charge in [-0.1, -0.05) is 104 Å². The van der Waals surface area contributed by atoms with Crippen molar-refractivity contribution in [3.8, 4) is 6.07 Å². The van der Waals surface area contributed by atoms with E-state index in [9.17, 15) is 37.6 Å². The van der Waals surface area contributed by atoms with Crippen LogP contribution in [0.25, 0.3) is 0 Å². The molecule has 1 unspecified atom stereocenters. The third-order valence-corrected chi connectivity index (χ3v) is 9.56. The third-order valence-electron chi connectivity index (χ3n) is 9.56. The number of esters is 3. The van der Waals surface area contributed by atoms with E-state index in [2.05, 4.69) is 18.8 Å². The van der Waals surface area contributed by atoms with E-state index in [1.807, 2.05) is 39.0 Å². The van der Waals surface area contributed by atoms with Crippen molar-refractivity contribution in [2.75, 3.05) is 11.5 Å². The molecule has 1 atom stereocenters. The van der Waals surface area contributed by atoms with Gasteiger partial charge in [0, 0.05) is 12.1 Å². The molecule has 0 aliphatic carbocycles. The molecule has 0 fully saturated rings. The van der Waals surface area contributed by atoms with E-state index in [1.54, 1.807) is 60.7 Å². The van der Waals surface area contributed by atoms with Crippen LogP contribution in [0.2, 0.25) is 0 Å². The summed E-state index contributed by atoms with van der Waals surface area (Å²) in [6.45, 7) is 13.8. The van der Waals surface area contributed by atoms with Crippen LogP contribution < -0.4 is 10.2 Å². The summed E-state index contributed by atoms with van der Waals surface area (Å²) in [6, 6.07) is 27.1. The first-order valence-corrected chi connectivity index (χ1v) is 19.9. The lowest BCUT2D eigenvalue weighted by Crippen LogP contribution is -2.53. The minimum atomic E-state index is -4.74. The highest BCUT2D eigenvalue weighted by atomic mass is 19.4. The van der Waals surface area contributed by atoms with Gasteiger partial charge in [0.05, 0.1) is 35.5 Å². The van der Waals surface area contributed by atoms with Crippen LogP contribution in [0, 0.1) is 16.7 Å². The van der Waals surface area contributed by atoms with Crippen LogP contribution in [-0.4, -0.2) is 30.5 Å². The first-order chi connectivity index (χ1) is 29.6. The summed E-state index contributed by atoms with van der Waals surface area (Å²) in [5.41, 5.74) is -0.914. The van der Waals surface area contributed by atoms with Gasteiger partial charge in [-0.15, -0.1) is 6.58 Å². The van der Waals surface area contributed by atoms with Crippen LogP contribution in [0.3, 0.4) is 0 Å². The van der Waals surface area contributed by atoms with E-state index in [-0.39, 0.29) is 36.8 Å². The lowest BCUT2D eigenvalue weighted by Gasteiger charge is -2.39. The molecule has 1 N–H and O–H groups in total. The Morgan fingerprint density at radius 2 is 1.31 bits per heavy atom. The second-order valence-electron chi connectivity index (χ2n) is 14.0. The number of benzene rings is 4. The number of urea groups is 1. The number of allylic oxidation sites excluding steroid dienone is 4. The zero-order valence-corrected chi connectivity index (χ0v) is 35.8. The van der Waals surface area contributed by atoms with Crippen molar-refractivity contribution in [2.45, 2.75) is 79.8 Å². The van der Waals surface area contributed by atoms with Gasteiger partial charge in [0.1, 0.15) is 13.2 Å². The number of carbonyl (C=O) groups is 4. The van der Waals surface area contributed by atoms with Gasteiger partial charge < -0.3 is 19.5 Å². The van der Waals surface area contributed by atoms with Crippen molar-refractivity contribution in [3.05, 3.63) is 173 Å². The second kappa shape index (κ2) is 23.7. The summed E-state index contributed by atoms with van der Waals surface area (Å²) < 4.78 is 58.0. The normalized spacial score (nSPS) is 13.6. The number of ether oxygens (including phenoxy) is 3. The first kappa shape index (κ1) is 49.4. The zero-order valence-electron chi connectivity index (χ0n) is 35.8. The highest BCUT2D eigenvalue weighted by molar-refractivity contribution is 6.18. The van der Waals surface area contributed by atoms with Crippen LogP contribution in [0.1, 0.15) is 88.2 Å². The fourth-order valence-electron chi connectivity index (χ4n) is 5.88. The quantitative estimate of drug-likeness (QED) is 0.0608. The molecule has 0 aromatic heterocycles. The summed E-state index contributed by atoms with van der Waals surface area (Å²) in [4.78, 5) is 57.6. The predicted molar refractivity (Wildman–Crippen MR) is 231 cm³/mol. The Morgan fingerprint density at radius 1 is 0.806 bits per heavy atom. The summed E-state index contributed by atoms with van der Waals surface area (Å²) in [5, 5.41) is 12.2. The summed E-state index contributed by atoms with van der Waals surface area (Å²) >= 11 is 0. The average Bonchev–Trinajstić information content (AvgIpc) is 3.28. The van der Waals surface area contributed by atoms with Crippen molar-refractivity contribution < 1.29 is 46.6 Å². The van der Waals surface area contributed by atoms with Crippen LogP contribution >= 0.6 is 0 Å². The number of nitrogens with zero attached hydrogens (tertiary/aromatic N) is 2. The maximum absolute atomic E-state index is 14.4. The molecule has 5 rings (SSSR count). The number of nitrogens with one attached hydrogen (secondary N) is 1. The smallest absolute Gasteiger partial charge is 0.416 e. The van der Waals surface area contributed by atoms with Gasteiger partial charge in [-0.2, -0.15) is 18.4 Å². The SMILES string of the molecule is C/C=C\C.C=C(C)CC.CCOC(=O)C(CC1=C(C)N(c2cccc(C(F)(F)F)c2)C(=O)NC1c1ccc(C#N)cc1)(C(=O)OCc1ccccc1)C(=O)OCc1ccccc1. The fourth-order valence-corrected chi connectivity index (χ4v) is 5.88. The molecule has 0 saturated heterocycles. The van der Waals surface area contributed by atoms with Crippen LogP contribution in [0.5, 0.6) is 0 Å². The number of hydrogen-bond acceptors (Lipinski definition) is 8. The number of rotatable bonds is 13. The molecule has 1 aliphatic rings. The number of anilines is 1. The number of halogens is 3. The van der Waals surface area contributed by atoms with Crippen LogP contribution in [-0.2, 0) is 48.0 Å². The molecule has 13 heteroatoms. The number of amides is 2. The molecular formula is C49H52F3N3O7. The molecule has 2 amide bonds. The van der Waals surface area contributed by atoms with Crippen molar-refractivity contribution in [1.29, 1.82) is 5.26 Å². The summed E-state index contributed by atoms with van der Waals surface area (Å²) in [7, 11) is 0. The number of carbonyl (C=O) groups excluding carboxylic acids is 4. The highest BCUT2D eigenvalue weighted by Crippen LogP contribution is 2.43. The van der Waals surface area contributed by atoms with Gasteiger partial charge in [0.15, 0.2) is 0 Å². The van der Waals surface area contributed by atoms with Gasteiger partial charge in [0.2, 0.25) is 0 Å². The Bertz CT molecular complexity index is 2190. The monoisotopic (exact) mass is 851 g/mol. The van der Waals surface area contributed by atoms with Crippen LogP contribution in [0.15, 0.2) is 145 Å². The highest BCUT2D eigenvalue weighted by Gasteiger charge is 2.59. The van der Waals surface area contributed by atoms with E-state index >= 15 is 0 Å². The van der Waals surface area contributed by atoms with Crippen molar-refractivity contribution in [2.24, 2.45) is 5.41 Å². The molecule has 0 bridgehead atoms. The van der Waals surface area contributed by atoms with Crippen molar-refractivity contribution >= 4 is 29.6 Å². The van der Waals surface area contributed by atoms with E-state index in [1.165, 1.54) is 49.8 Å². The molecule has 4 aromatic carbocycles. The first-order valence-electron chi connectivity index (χ1n) is 19.9. The zero-order chi connectivity index (χ0) is 45.9. The molecule has 0 radical (unpaired) electrons. The average molecular weight is 852 g/mol. The maximum Gasteiger partial charge on any atom is 0.416 e. The Hall–Kier alpha value is -6.94. The number of hydrogen-bond donors (Lipinski definition) is 1. The topological polar surface area (TPSA) is 135 Å². The van der Waals surface area contributed by atoms with Crippen molar-refractivity contribution in [1.82, 2.24) is 5.32 Å². The standard InChI is InChI=1S/C40H34F3N3O7.C5H10.C4H8/c1-3-51-35(47)39(36(48)52-24-28-11-6-4-7-12-28,37(49)53-25-29-13-8-5-9-14-29)22-33-26(2)46(32-16-10-15-31(21-32)40(41,42)43)38(50)45-34(33)30-19-17-27(23-44)18-20-30;1-4-5(2)3;1-3-4-2/h4-21,34H,3,22,24-25H2,1-2H3,(H,45,50);2,4H2,1,3H3;3-4H,1-2H3/b;;4-3-. The van der Waals surface area contributed by atoms with Gasteiger partial charge in [-0.3, -0.25) is 19.3 Å². The molecule has 0 spiro atoms. The molecule has 0 saturated carbocycles. The molecule has 326 valence electrons. The maximum atomic E-state index is 14.4. The minimum Gasteiger partial charge on any atom is -0.465 e. The van der Waals surface area contributed by atoms with Gasteiger partial charge >= 0.3 is 30.1 Å². The summed E-state index contributed by atoms with van der Waals surface area (Å²) in [6.07, 6.45) is -0.406. The van der Waals surface area contributed by atoms with E-state index in [0.717, 1.165) is 29.5 Å². The second-order valence-corrected chi connectivity index (χ2v) is 14.0. The molecule has 1 aliphatic heterocycles. The Morgan fingerprint density at radius 3 is 1.74 bits per heavy atom. The number of nitriles is 1. The fraction of sp³-hybridized carbons (Fsp3) is 0.286. The largest absolute Gasteiger partial charge is 0.465 e. The lowest BCUT2D eigenvalue weighted by molar-refractivity contribution is -0.185. The van der Waals surface area contributed by atoms with Gasteiger partial charge in [0.25, 0.3) is 5.41 Å². The molecule has 1 heterocycles. The van der Waals surface area contributed by atoms with Crippen LogP contribution in [0.4, 0.5) is 23.7 Å². The Kier molecular flexibility index (Phi) is 18.9. The summed E-state index contributed by atoms with van der Waals surface area (Å²) in [5.74, 6) is -3.91. The van der Waals surface area contributed by atoms with Gasteiger partial charge in [-0.05, 0) is 93.6 Å².